The molecular formula is C29H29Cl2SiZr-3. The van der Waals surface area contributed by atoms with Gasteiger partial charge >= 0.3 is 41.9 Å². The Bertz CT molecular complexity index is 1090. The van der Waals surface area contributed by atoms with E-state index in [4.69, 9.17) is 17.0 Å². The van der Waals surface area contributed by atoms with Crippen molar-refractivity contribution < 1.29 is 18.0 Å². The molecule has 33 heavy (non-hydrogen) atoms. The number of benzene rings is 3. The van der Waals surface area contributed by atoms with Crippen molar-refractivity contribution in [3.05, 3.63) is 127 Å². The molecule has 5 aromatic carbocycles. The number of fused-ring (bicyclic) bond motifs is 2. The van der Waals surface area contributed by atoms with E-state index in [9.17, 15) is 0 Å². The number of hydrogen-bond acceptors (Lipinski definition) is 0. The number of hydrogen-bond donors (Lipinski definition) is 0. The number of rotatable bonds is 2. The molecule has 0 unspecified atom stereocenters. The Morgan fingerprint density at radius 1 is 0.697 bits per heavy atom. The maximum atomic E-state index is 5.15. The monoisotopic (exact) mass is 565 g/mol. The molecule has 0 aromatic heterocycles. The molecule has 2 radical (unpaired) electrons. The van der Waals surface area contributed by atoms with Crippen LogP contribution in [0.25, 0.3) is 21.5 Å². The summed E-state index contributed by atoms with van der Waals surface area (Å²) in [6.45, 7) is 11.1. The van der Waals surface area contributed by atoms with E-state index >= 15 is 0 Å². The third kappa shape index (κ3) is 10.5. The summed E-state index contributed by atoms with van der Waals surface area (Å²) >= 11 is -1.79. The summed E-state index contributed by atoms with van der Waals surface area (Å²) in [5, 5.41) is 5.46. The molecule has 0 N–H and O–H groups in total. The molecule has 0 nitrogen and oxygen atoms in total. The van der Waals surface area contributed by atoms with Gasteiger partial charge in [-0.2, -0.15) is 36.8 Å². The fourth-order valence-electron chi connectivity index (χ4n) is 3.32. The zero-order valence-electron chi connectivity index (χ0n) is 19.2. The van der Waals surface area contributed by atoms with Gasteiger partial charge in [0.15, 0.2) is 0 Å². The van der Waals surface area contributed by atoms with Gasteiger partial charge in [-0.1, -0.05) is 32.0 Å². The Kier molecular flexibility index (Phi) is 12.9. The molecule has 170 valence electrons. The first-order chi connectivity index (χ1) is 15.9. The Hall–Kier alpha value is -1.57. The van der Waals surface area contributed by atoms with Crippen LogP contribution >= 0.6 is 17.0 Å². The Morgan fingerprint density at radius 2 is 1.06 bits per heavy atom. The molecule has 0 saturated heterocycles. The SMILES string of the molecule is CCc1cc2ccccc2[cH-]1.CCc1cc2ccccc2[cH-]1.[CH2-]c1ccccc1.[Si]=[Zr]([Cl])[Cl]. The van der Waals surface area contributed by atoms with Gasteiger partial charge in [0.25, 0.3) is 0 Å². The number of aryl methyl sites for hydroxylation is 2. The van der Waals surface area contributed by atoms with E-state index in [1.54, 1.807) is 0 Å². The number of halogens is 2. The van der Waals surface area contributed by atoms with E-state index in [1.165, 1.54) is 32.7 Å². The van der Waals surface area contributed by atoms with Crippen molar-refractivity contribution in [2.45, 2.75) is 26.7 Å². The third-order valence-electron chi connectivity index (χ3n) is 5.01. The van der Waals surface area contributed by atoms with Crippen molar-refractivity contribution in [2.24, 2.45) is 0 Å². The van der Waals surface area contributed by atoms with Crippen molar-refractivity contribution >= 4 is 45.4 Å². The minimum absolute atomic E-state index is 1.07. The summed E-state index contributed by atoms with van der Waals surface area (Å²) in [5.41, 5.74) is 3.94. The molecule has 5 aromatic rings. The topological polar surface area (TPSA) is 0 Å². The molecule has 0 aliphatic carbocycles. The van der Waals surface area contributed by atoms with Gasteiger partial charge in [-0.25, -0.2) is 0 Å². The standard InChI is InChI=1S/2C11H11.C7H7.2ClH.Si.Zr/c2*1-2-9-7-10-5-3-4-6-11(10)8-9;1-7-5-3-2-4-6-7;;;;/h2*3-8H,2H2,1H3;2-6H,1H2;2*1H;;/q3*-1;;;;+2/p-2. The van der Waals surface area contributed by atoms with Crippen molar-refractivity contribution in [3.63, 3.8) is 0 Å². The van der Waals surface area contributed by atoms with Crippen LogP contribution < -0.4 is 0 Å². The van der Waals surface area contributed by atoms with Crippen LogP contribution in [0.3, 0.4) is 0 Å². The van der Waals surface area contributed by atoms with Gasteiger partial charge in [-0.3, -0.25) is 0 Å². The van der Waals surface area contributed by atoms with Crippen molar-refractivity contribution in [1.82, 2.24) is 0 Å². The molecule has 0 fully saturated rings. The van der Waals surface area contributed by atoms with Gasteiger partial charge in [-0.05, 0) is 12.8 Å². The van der Waals surface area contributed by atoms with Crippen molar-refractivity contribution in [2.75, 3.05) is 0 Å². The van der Waals surface area contributed by atoms with Gasteiger partial charge in [0.1, 0.15) is 0 Å². The average molecular weight is 568 g/mol. The van der Waals surface area contributed by atoms with Crippen LogP contribution in [0.2, 0.25) is 0 Å². The Morgan fingerprint density at radius 3 is 1.36 bits per heavy atom. The van der Waals surface area contributed by atoms with Crippen LogP contribution in [0.1, 0.15) is 30.5 Å². The van der Waals surface area contributed by atoms with Crippen LogP contribution in [-0.2, 0) is 30.8 Å². The van der Waals surface area contributed by atoms with E-state index in [-0.39, 0.29) is 0 Å². The second kappa shape index (κ2) is 15.4. The van der Waals surface area contributed by atoms with Crippen LogP contribution in [0.15, 0.2) is 103 Å². The summed E-state index contributed by atoms with van der Waals surface area (Å²) in [5.74, 6) is 0. The minimum atomic E-state index is -1.79. The fourth-order valence-corrected chi connectivity index (χ4v) is 3.32. The molecule has 0 heterocycles. The second-order valence-electron chi connectivity index (χ2n) is 7.44. The van der Waals surface area contributed by atoms with E-state index < -0.39 is 18.0 Å². The van der Waals surface area contributed by atoms with E-state index in [0.29, 0.717) is 0 Å². The normalized spacial score (nSPS) is 9.70. The van der Waals surface area contributed by atoms with Crippen molar-refractivity contribution in [1.29, 1.82) is 0 Å². The first-order valence-corrected chi connectivity index (χ1v) is 21.5. The average Bonchev–Trinajstić information content (AvgIpc) is 3.43. The van der Waals surface area contributed by atoms with Gasteiger partial charge in [0.2, 0.25) is 0 Å². The van der Waals surface area contributed by atoms with Gasteiger partial charge in [-0.15, -0.1) is 93.3 Å². The molecular weight excluding hydrogens is 539 g/mol. The molecule has 0 aliphatic rings. The molecule has 0 spiro atoms. The molecule has 0 atom stereocenters. The van der Waals surface area contributed by atoms with E-state index in [0.717, 1.165) is 18.4 Å². The molecule has 0 bridgehead atoms. The van der Waals surface area contributed by atoms with Crippen LogP contribution in [0.5, 0.6) is 0 Å². The van der Waals surface area contributed by atoms with E-state index in [1.807, 2.05) is 30.3 Å². The van der Waals surface area contributed by atoms with Gasteiger partial charge < -0.3 is 0 Å². The Labute approximate surface area is 215 Å². The summed E-state index contributed by atoms with van der Waals surface area (Å²) in [4.78, 5) is 0. The zero-order valence-corrected chi connectivity index (χ0v) is 24.2. The maximum absolute atomic E-state index is 5.15. The Balaban J connectivity index is 0.000000166. The van der Waals surface area contributed by atoms with Gasteiger partial charge in [0.05, 0.1) is 0 Å². The fraction of sp³-hybridized carbons (Fsp3) is 0.138. The zero-order chi connectivity index (χ0) is 24.1. The van der Waals surface area contributed by atoms with E-state index in [2.05, 4.69) is 100 Å². The van der Waals surface area contributed by atoms with Crippen LogP contribution in [0, 0.1) is 6.92 Å². The van der Waals surface area contributed by atoms with Crippen LogP contribution in [-0.4, -0.2) is 6.88 Å². The van der Waals surface area contributed by atoms with Crippen molar-refractivity contribution in [3.8, 4) is 0 Å². The first-order valence-electron chi connectivity index (χ1n) is 11.0. The molecule has 5 rings (SSSR count). The van der Waals surface area contributed by atoms with Crippen LogP contribution in [0.4, 0.5) is 0 Å². The molecule has 0 saturated carbocycles. The molecule has 0 aliphatic heterocycles. The molecule has 4 heteroatoms. The summed E-state index contributed by atoms with van der Waals surface area (Å²) < 4.78 is 0. The predicted molar refractivity (Wildman–Crippen MR) is 146 cm³/mol. The molecule has 0 amide bonds. The summed E-state index contributed by atoms with van der Waals surface area (Å²) in [6.07, 6.45) is 2.27. The first kappa shape index (κ1) is 27.7. The quantitative estimate of drug-likeness (QED) is 0.147. The predicted octanol–water partition coefficient (Wildman–Crippen LogP) is 9.11. The second-order valence-corrected chi connectivity index (χ2v) is 21.0. The van der Waals surface area contributed by atoms with Gasteiger partial charge in [0, 0.05) is 0 Å². The summed E-state index contributed by atoms with van der Waals surface area (Å²) in [6, 6.07) is 35.9. The third-order valence-corrected chi connectivity index (χ3v) is 5.01. The summed E-state index contributed by atoms with van der Waals surface area (Å²) in [7, 11) is 10.3.